The Kier molecular flexibility index (Phi) is 71.6. The van der Waals surface area contributed by atoms with Crippen molar-refractivity contribution in [2.24, 2.45) is 0 Å². The number of phosphoric acid groups is 2. The molecule has 104 heavy (non-hydrogen) atoms. The molecule has 0 rings (SSSR count). The number of hydrogen-bond donors (Lipinski definition) is 3. The van der Waals surface area contributed by atoms with Crippen LogP contribution in [0.5, 0.6) is 0 Å². The van der Waals surface area contributed by atoms with Gasteiger partial charge in [-0.2, -0.15) is 0 Å². The third-order valence-electron chi connectivity index (χ3n) is 15.7. The monoisotopic (exact) mass is 1490 g/mol. The summed E-state index contributed by atoms with van der Waals surface area (Å²) in [5, 5.41) is 10.6. The van der Waals surface area contributed by atoms with Crippen LogP contribution in [0, 0.1) is 0 Å². The molecule has 0 saturated heterocycles. The number of phosphoric ester groups is 2. The molecule has 0 saturated carbocycles. The first kappa shape index (κ1) is 98.4. The number of hydrogen-bond acceptors (Lipinski definition) is 15. The minimum Gasteiger partial charge on any atom is -0.462 e. The van der Waals surface area contributed by atoms with Crippen molar-refractivity contribution >= 4 is 39.5 Å². The van der Waals surface area contributed by atoms with Gasteiger partial charge in [-0.05, 0) is 135 Å². The van der Waals surface area contributed by atoms with Gasteiger partial charge in [0.05, 0.1) is 26.4 Å². The van der Waals surface area contributed by atoms with E-state index in [1.54, 1.807) is 0 Å². The molecule has 0 aliphatic carbocycles. The van der Waals surface area contributed by atoms with Gasteiger partial charge >= 0.3 is 39.5 Å². The quantitative estimate of drug-likeness (QED) is 0.0169. The van der Waals surface area contributed by atoms with Crippen molar-refractivity contribution in [2.75, 3.05) is 39.6 Å². The van der Waals surface area contributed by atoms with Crippen LogP contribution >= 0.6 is 15.6 Å². The molecular weight excluding hydrogens is 1350 g/mol. The van der Waals surface area contributed by atoms with Crippen molar-refractivity contribution in [3.8, 4) is 0 Å². The van der Waals surface area contributed by atoms with Crippen LogP contribution in [0.25, 0.3) is 0 Å². The predicted molar refractivity (Wildman–Crippen MR) is 426 cm³/mol. The molecule has 0 aromatic carbocycles. The SMILES string of the molecule is CC/C=C\C/C=C\C/C=C\C/C=C\C/C=C\C/C=C\CCC(=O)OCC(COP(=O)(O)OCC(O)COP(=O)(O)OCC(COC(=O)CCC/C=C\C/C=C\C/C=C\C/C=C\C/C=C\CC)OC(=O)CCCCCCCCC/C=C\C/C=C\C/C=C\CC)OC(=O)CCCCCCCCCCCCC. The van der Waals surface area contributed by atoms with Crippen LogP contribution in [0.2, 0.25) is 0 Å². The summed E-state index contributed by atoms with van der Waals surface area (Å²) < 4.78 is 68.4. The van der Waals surface area contributed by atoms with Crippen molar-refractivity contribution in [3.05, 3.63) is 170 Å². The number of carbonyl (C=O) groups is 4. The highest BCUT2D eigenvalue weighted by molar-refractivity contribution is 7.47. The van der Waals surface area contributed by atoms with Gasteiger partial charge < -0.3 is 33.8 Å². The normalized spacial score (nSPS) is 14.8. The number of esters is 4. The topological polar surface area (TPSA) is 237 Å². The molecule has 0 aliphatic heterocycles. The molecule has 0 spiro atoms. The van der Waals surface area contributed by atoms with Gasteiger partial charge in [-0.1, -0.05) is 294 Å². The van der Waals surface area contributed by atoms with E-state index in [1.807, 2.05) is 30.4 Å². The third kappa shape index (κ3) is 74.7. The van der Waals surface area contributed by atoms with Crippen molar-refractivity contribution < 1.29 is 80.2 Å². The Morgan fingerprint density at radius 3 is 0.856 bits per heavy atom. The van der Waals surface area contributed by atoms with E-state index in [9.17, 15) is 43.2 Å². The first-order chi connectivity index (χ1) is 50.7. The maximum Gasteiger partial charge on any atom is 0.472 e. The van der Waals surface area contributed by atoms with E-state index >= 15 is 0 Å². The lowest BCUT2D eigenvalue weighted by Crippen LogP contribution is -2.30. The van der Waals surface area contributed by atoms with Gasteiger partial charge in [0.2, 0.25) is 0 Å². The smallest absolute Gasteiger partial charge is 0.462 e. The van der Waals surface area contributed by atoms with E-state index in [2.05, 4.69) is 167 Å². The molecule has 0 heterocycles. The van der Waals surface area contributed by atoms with Crippen molar-refractivity contribution in [2.45, 2.75) is 303 Å². The summed E-state index contributed by atoms with van der Waals surface area (Å²) in [5.74, 6) is -2.36. The van der Waals surface area contributed by atoms with Gasteiger partial charge in [-0.15, -0.1) is 0 Å². The van der Waals surface area contributed by atoms with Gasteiger partial charge in [-0.25, -0.2) is 9.13 Å². The van der Waals surface area contributed by atoms with Crippen LogP contribution < -0.4 is 0 Å². The summed E-state index contributed by atoms with van der Waals surface area (Å²) in [7, 11) is -10.0. The molecule has 17 nitrogen and oxygen atoms in total. The van der Waals surface area contributed by atoms with E-state index in [1.165, 1.54) is 38.5 Å². The van der Waals surface area contributed by atoms with Crippen molar-refractivity contribution in [1.29, 1.82) is 0 Å². The fraction of sp³-hybridized carbons (Fsp3) is 0.624. The van der Waals surface area contributed by atoms with Gasteiger partial charge in [0.15, 0.2) is 12.2 Å². The van der Waals surface area contributed by atoms with E-state index in [4.69, 9.17) is 37.0 Å². The zero-order valence-corrected chi connectivity index (χ0v) is 66.2. The molecule has 590 valence electrons. The molecule has 0 radical (unpaired) electrons. The highest BCUT2D eigenvalue weighted by atomic mass is 31.2. The molecule has 19 heteroatoms. The molecule has 0 aromatic heterocycles. The Hall–Kier alpha value is -5.58. The zero-order chi connectivity index (χ0) is 76.0. The van der Waals surface area contributed by atoms with Crippen LogP contribution in [0.1, 0.15) is 285 Å². The van der Waals surface area contributed by atoms with Crippen LogP contribution in [-0.2, 0) is 65.4 Å². The molecule has 5 atom stereocenters. The van der Waals surface area contributed by atoms with Gasteiger partial charge in [-0.3, -0.25) is 37.3 Å². The van der Waals surface area contributed by atoms with Crippen LogP contribution in [0.4, 0.5) is 0 Å². The summed E-state index contributed by atoms with van der Waals surface area (Å²) >= 11 is 0. The zero-order valence-electron chi connectivity index (χ0n) is 64.4. The summed E-state index contributed by atoms with van der Waals surface area (Å²) in [6, 6.07) is 0. The highest BCUT2D eigenvalue weighted by Crippen LogP contribution is 2.45. The van der Waals surface area contributed by atoms with Gasteiger partial charge in [0, 0.05) is 25.7 Å². The van der Waals surface area contributed by atoms with Crippen molar-refractivity contribution in [3.63, 3.8) is 0 Å². The summed E-state index contributed by atoms with van der Waals surface area (Å²) in [5.41, 5.74) is 0. The fourth-order valence-electron chi connectivity index (χ4n) is 9.82. The summed E-state index contributed by atoms with van der Waals surface area (Å²) in [6.07, 6.45) is 89.3. The number of ether oxygens (including phenoxy) is 4. The Labute approximate surface area is 629 Å². The predicted octanol–water partition coefficient (Wildman–Crippen LogP) is 23.0. The van der Waals surface area contributed by atoms with Crippen LogP contribution in [-0.4, -0.2) is 96.7 Å². The van der Waals surface area contributed by atoms with Crippen LogP contribution in [0.3, 0.4) is 0 Å². The standard InChI is InChI=1S/C85H138O17P2/c1-5-9-13-17-21-25-29-32-35-38-39-42-44-47-51-54-58-62-66-70-82(87)95-75-80(101-84(89)71-67-63-59-55-49-28-24-20-16-12-8-4)77-99-103(91,92)97-73-79(86)74-98-104(93,94)100-78-81(102-85(90)72-68-64-60-56-52-48-45-41-37-34-31-27-23-19-15-11-7-3)76-96-83(88)69-65-61-57-53-50-46-43-40-36-33-30-26-22-18-14-10-6-2/h9-11,13-15,21-23,25-27,32-37,39,42-43,46-47,51,53,57-58,62,79-81,86H,5-8,12,16-20,24,28-31,38,40-41,44-45,48-50,52,54-56,59-61,63-78H2,1-4H3,(H,91,92)(H,93,94)/b13-9-,14-10-,15-11-,25-21-,26-22-,27-23-,35-32-,36-33-,37-34-,42-39-,46-43-,51-47-,57-53-,62-58-. The minimum atomic E-state index is -5.00. The average molecular weight is 1490 g/mol. The average Bonchev–Trinajstić information content (AvgIpc) is 0.931. The molecule has 0 aromatic rings. The van der Waals surface area contributed by atoms with E-state index in [0.29, 0.717) is 38.5 Å². The van der Waals surface area contributed by atoms with Gasteiger partial charge in [0.25, 0.3) is 0 Å². The third-order valence-corrected chi connectivity index (χ3v) is 17.6. The molecule has 0 bridgehead atoms. The summed E-state index contributed by atoms with van der Waals surface area (Å²) in [6.45, 7) is 4.35. The summed E-state index contributed by atoms with van der Waals surface area (Å²) in [4.78, 5) is 72.9. The Morgan fingerprint density at radius 2 is 0.529 bits per heavy atom. The molecule has 3 N–H and O–H groups in total. The first-order valence-electron chi connectivity index (χ1n) is 39.4. The molecule has 5 unspecified atom stereocenters. The highest BCUT2D eigenvalue weighted by Gasteiger charge is 2.30. The maximum absolute atomic E-state index is 13.1. The van der Waals surface area contributed by atoms with Gasteiger partial charge in [0.1, 0.15) is 19.3 Å². The number of allylic oxidation sites excluding steroid dienone is 28. The molecule has 0 aliphatic rings. The number of rotatable bonds is 72. The second kappa shape index (κ2) is 75.6. The molecule has 0 amide bonds. The molecule has 0 fully saturated rings. The number of unbranched alkanes of at least 4 members (excludes halogenated alkanes) is 18. The van der Waals surface area contributed by atoms with E-state index < -0.39 is 97.5 Å². The fourth-order valence-corrected chi connectivity index (χ4v) is 11.4. The lowest BCUT2D eigenvalue weighted by atomic mass is 10.1. The lowest BCUT2D eigenvalue weighted by Gasteiger charge is -2.21. The van der Waals surface area contributed by atoms with Crippen LogP contribution in [0.15, 0.2) is 170 Å². The first-order valence-corrected chi connectivity index (χ1v) is 42.4. The number of aliphatic hydroxyl groups excluding tert-OH is 1. The number of carbonyl (C=O) groups excluding carboxylic acids is 4. The van der Waals surface area contributed by atoms with E-state index in [-0.39, 0.29) is 25.7 Å². The van der Waals surface area contributed by atoms with E-state index in [0.717, 1.165) is 154 Å². The minimum absolute atomic E-state index is 0.0317. The lowest BCUT2D eigenvalue weighted by molar-refractivity contribution is -0.161. The molecular formula is C85H138O17P2. The second-order valence-electron chi connectivity index (χ2n) is 25.5. The Bertz CT molecular complexity index is 2640. The Balaban J connectivity index is 5.46. The largest absolute Gasteiger partial charge is 0.472 e. The Morgan fingerprint density at radius 1 is 0.279 bits per heavy atom. The maximum atomic E-state index is 13.1. The second-order valence-corrected chi connectivity index (χ2v) is 28.4. The number of aliphatic hydroxyl groups is 1. The van der Waals surface area contributed by atoms with Crippen molar-refractivity contribution in [1.82, 2.24) is 0 Å².